The van der Waals surface area contributed by atoms with Crippen molar-refractivity contribution in [1.29, 1.82) is 0 Å². The van der Waals surface area contributed by atoms with Crippen LogP contribution in [0.15, 0.2) is 46.2 Å². The predicted octanol–water partition coefficient (Wildman–Crippen LogP) is 4.34. The molecule has 0 saturated carbocycles. The molecule has 158 valence electrons. The smallest absolute Gasteiger partial charge is 0.264 e. The summed E-state index contributed by atoms with van der Waals surface area (Å²) in [5.41, 5.74) is 2.13. The lowest BCUT2D eigenvalue weighted by atomic mass is 10.1. The SMILES string of the molecule is CCCCNC(=O)c1ccc2c(c1)N(C)C(=O)C(=Cc1ccc(OC)c(OC)c1)S2. The summed E-state index contributed by atoms with van der Waals surface area (Å²) in [4.78, 5) is 28.4. The van der Waals surface area contributed by atoms with Crippen molar-refractivity contribution in [2.45, 2.75) is 24.7 Å². The lowest BCUT2D eigenvalue weighted by Crippen LogP contribution is -2.31. The Morgan fingerprint density at radius 3 is 2.60 bits per heavy atom. The van der Waals surface area contributed by atoms with Gasteiger partial charge in [-0.3, -0.25) is 9.59 Å². The first kappa shape index (κ1) is 21.8. The highest BCUT2D eigenvalue weighted by Crippen LogP contribution is 2.42. The van der Waals surface area contributed by atoms with E-state index in [9.17, 15) is 9.59 Å². The van der Waals surface area contributed by atoms with Crippen molar-refractivity contribution in [2.24, 2.45) is 0 Å². The van der Waals surface area contributed by atoms with Gasteiger partial charge in [0, 0.05) is 24.1 Å². The fraction of sp³-hybridized carbons (Fsp3) is 0.304. The zero-order chi connectivity index (χ0) is 21.7. The van der Waals surface area contributed by atoms with Crippen LogP contribution in [0.5, 0.6) is 11.5 Å². The Balaban J connectivity index is 1.86. The average molecular weight is 427 g/mol. The summed E-state index contributed by atoms with van der Waals surface area (Å²) in [5.74, 6) is 0.997. The molecule has 0 saturated heterocycles. The van der Waals surface area contributed by atoms with Gasteiger partial charge in [-0.2, -0.15) is 0 Å². The number of amides is 2. The molecule has 7 heteroatoms. The van der Waals surface area contributed by atoms with Crippen LogP contribution in [-0.2, 0) is 4.79 Å². The van der Waals surface area contributed by atoms with E-state index in [1.807, 2.05) is 30.3 Å². The number of benzene rings is 2. The quantitative estimate of drug-likeness (QED) is 0.527. The Morgan fingerprint density at radius 2 is 1.90 bits per heavy atom. The molecule has 0 unspecified atom stereocenters. The number of rotatable bonds is 7. The maximum atomic E-state index is 12.9. The zero-order valence-electron chi connectivity index (χ0n) is 17.7. The monoisotopic (exact) mass is 426 g/mol. The van der Waals surface area contributed by atoms with Crippen LogP contribution in [0.4, 0.5) is 5.69 Å². The second kappa shape index (κ2) is 9.71. The Bertz CT molecular complexity index is 987. The van der Waals surface area contributed by atoms with Crippen LogP contribution < -0.4 is 19.7 Å². The van der Waals surface area contributed by atoms with Crippen molar-refractivity contribution in [1.82, 2.24) is 5.32 Å². The van der Waals surface area contributed by atoms with Gasteiger partial charge in [0.05, 0.1) is 24.8 Å². The molecule has 2 aromatic carbocycles. The minimum atomic E-state index is -0.122. The van der Waals surface area contributed by atoms with E-state index in [1.165, 1.54) is 11.8 Å². The number of carbonyl (C=O) groups excluding carboxylic acids is 2. The van der Waals surface area contributed by atoms with Crippen molar-refractivity contribution in [3.63, 3.8) is 0 Å². The first-order chi connectivity index (χ1) is 14.5. The normalized spacial score (nSPS) is 14.5. The second-order valence-corrected chi connectivity index (χ2v) is 7.96. The summed E-state index contributed by atoms with van der Waals surface area (Å²) in [6.45, 7) is 2.73. The van der Waals surface area contributed by atoms with Crippen molar-refractivity contribution in [3.8, 4) is 11.5 Å². The van der Waals surface area contributed by atoms with Gasteiger partial charge < -0.3 is 19.7 Å². The molecule has 2 aromatic rings. The van der Waals surface area contributed by atoms with Gasteiger partial charge in [0.1, 0.15) is 0 Å². The van der Waals surface area contributed by atoms with E-state index < -0.39 is 0 Å². The molecule has 30 heavy (non-hydrogen) atoms. The number of nitrogens with one attached hydrogen (secondary N) is 1. The predicted molar refractivity (Wildman–Crippen MR) is 120 cm³/mol. The van der Waals surface area contributed by atoms with Gasteiger partial charge in [-0.25, -0.2) is 0 Å². The molecule has 0 bridgehead atoms. The lowest BCUT2D eigenvalue weighted by molar-refractivity contribution is -0.114. The molecule has 0 spiro atoms. The second-order valence-electron chi connectivity index (χ2n) is 6.88. The number of likely N-dealkylation sites (N-methyl/N-ethyl adjacent to an activating group) is 1. The number of methoxy groups -OCH3 is 2. The molecule has 6 nitrogen and oxygen atoms in total. The number of anilines is 1. The van der Waals surface area contributed by atoms with Crippen LogP contribution >= 0.6 is 11.8 Å². The van der Waals surface area contributed by atoms with Gasteiger partial charge >= 0.3 is 0 Å². The van der Waals surface area contributed by atoms with Crippen LogP contribution in [-0.4, -0.2) is 39.6 Å². The summed E-state index contributed by atoms with van der Waals surface area (Å²) in [5, 5.41) is 2.91. The first-order valence-electron chi connectivity index (χ1n) is 9.80. The number of thioether (sulfide) groups is 1. The molecule has 0 aromatic heterocycles. The molecular weight excluding hydrogens is 400 g/mol. The first-order valence-corrected chi connectivity index (χ1v) is 10.6. The van der Waals surface area contributed by atoms with Crippen molar-refractivity contribution < 1.29 is 19.1 Å². The highest BCUT2D eigenvalue weighted by Gasteiger charge is 2.27. The molecule has 0 atom stereocenters. The molecule has 1 aliphatic heterocycles. The van der Waals surface area contributed by atoms with Crippen molar-refractivity contribution >= 4 is 35.3 Å². The number of nitrogens with zero attached hydrogens (tertiary/aromatic N) is 1. The number of hydrogen-bond acceptors (Lipinski definition) is 5. The fourth-order valence-electron chi connectivity index (χ4n) is 3.11. The maximum Gasteiger partial charge on any atom is 0.264 e. The van der Waals surface area contributed by atoms with Gasteiger partial charge in [-0.15, -0.1) is 0 Å². The van der Waals surface area contributed by atoms with E-state index in [0.29, 0.717) is 28.5 Å². The van der Waals surface area contributed by atoms with Crippen LogP contribution in [0.2, 0.25) is 0 Å². The summed E-state index contributed by atoms with van der Waals surface area (Å²) in [6, 6.07) is 11.0. The number of ether oxygens (including phenoxy) is 2. The Kier molecular flexibility index (Phi) is 7.05. The highest BCUT2D eigenvalue weighted by molar-refractivity contribution is 8.04. The molecule has 2 amide bonds. The summed E-state index contributed by atoms with van der Waals surface area (Å²) < 4.78 is 10.6. The van der Waals surface area contributed by atoms with E-state index >= 15 is 0 Å². The van der Waals surface area contributed by atoms with Gasteiger partial charge in [0.15, 0.2) is 11.5 Å². The largest absolute Gasteiger partial charge is 0.493 e. The third-order valence-corrected chi connectivity index (χ3v) is 5.92. The van der Waals surface area contributed by atoms with E-state index in [0.717, 1.165) is 29.0 Å². The summed E-state index contributed by atoms with van der Waals surface area (Å²) >= 11 is 1.40. The van der Waals surface area contributed by atoms with Gasteiger partial charge in [0.25, 0.3) is 11.8 Å². The van der Waals surface area contributed by atoms with Crippen LogP contribution in [0.1, 0.15) is 35.7 Å². The number of carbonyl (C=O) groups is 2. The molecular formula is C23H26N2O4S. The average Bonchev–Trinajstić information content (AvgIpc) is 2.77. The standard InChI is InChI=1S/C23H26N2O4S/c1-5-6-11-24-22(26)16-8-10-20-17(14-16)25(2)23(27)21(30-20)13-15-7-9-18(28-3)19(12-15)29-4/h7-10,12-14H,5-6,11H2,1-4H3,(H,24,26). The molecule has 1 N–H and O–H groups in total. The van der Waals surface area contributed by atoms with Crippen molar-refractivity contribution in [2.75, 3.05) is 32.7 Å². The van der Waals surface area contributed by atoms with E-state index in [4.69, 9.17) is 9.47 Å². The molecule has 0 aliphatic carbocycles. The minimum Gasteiger partial charge on any atom is -0.493 e. The summed E-state index contributed by atoms with van der Waals surface area (Å²) in [6.07, 6.45) is 3.79. The van der Waals surface area contributed by atoms with Crippen LogP contribution in [0, 0.1) is 0 Å². The van der Waals surface area contributed by atoms with E-state index in [2.05, 4.69) is 12.2 Å². The molecule has 1 heterocycles. The topological polar surface area (TPSA) is 67.9 Å². The Morgan fingerprint density at radius 1 is 1.13 bits per heavy atom. The van der Waals surface area contributed by atoms with Gasteiger partial charge in [-0.1, -0.05) is 31.2 Å². The van der Waals surface area contributed by atoms with Gasteiger partial charge in [0.2, 0.25) is 0 Å². The highest BCUT2D eigenvalue weighted by atomic mass is 32.2. The third kappa shape index (κ3) is 4.62. The molecule has 0 fully saturated rings. The van der Waals surface area contributed by atoms with Gasteiger partial charge in [-0.05, 0) is 48.4 Å². The Labute approximate surface area is 181 Å². The summed E-state index contributed by atoms with van der Waals surface area (Å²) in [7, 11) is 4.89. The number of hydrogen-bond donors (Lipinski definition) is 1. The molecule has 3 rings (SSSR count). The maximum absolute atomic E-state index is 12.9. The van der Waals surface area contributed by atoms with Crippen molar-refractivity contribution in [3.05, 3.63) is 52.4 Å². The molecule has 1 aliphatic rings. The van der Waals surface area contributed by atoms with E-state index in [-0.39, 0.29) is 11.8 Å². The minimum absolute atomic E-state index is 0.120. The van der Waals surface area contributed by atoms with Crippen LogP contribution in [0.3, 0.4) is 0 Å². The molecule has 0 radical (unpaired) electrons. The lowest BCUT2D eigenvalue weighted by Gasteiger charge is -2.27. The van der Waals surface area contributed by atoms with Crippen LogP contribution in [0.25, 0.3) is 6.08 Å². The number of unbranched alkanes of at least 4 members (excludes halogenated alkanes) is 1. The third-order valence-electron chi connectivity index (χ3n) is 4.84. The fourth-order valence-corrected chi connectivity index (χ4v) is 4.20. The van der Waals surface area contributed by atoms with E-state index in [1.54, 1.807) is 38.3 Å². The zero-order valence-corrected chi connectivity index (χ0v) is 18.5. The number of fused-ring (bicyclic) bond motifs is 1. The Hall–Kier alpha value is -2.93.